The molecule has 0 aliphatic rings. The molecule has 0 bridgehead atoms. The Morgan fingerprint density at radius 1 is 1.42 bits per heavy atom. The molecule has 0 amide bonds. The van der Waals surface area contributed by atoms with Gasteiger partial charge in [-0.25, -0.2) is 4.68 Å². The van der Waals surface area contributed by atoms with E-state index in [9.17, 15) is 4.79 Å². The average molecular weight is 319 g/mol. The first-order valence-corrected chi connectivity index (χ1v) is 6.33. The molecular formula is C13H11BrN4O. The lowest BCUT2D eigenvalue weighted by Crippen LogP contribution is -2.24. The van der Waals surface area contributed by atoms with Gasteiger partial charge < -0.3 is 5.32 Å². The zero-order valence-corrected chi connectivity index (χ0v) is 11.6. The Morgan fingerprint density at radius 2 is 2.16 bits per heavy atom. The number of hydrogen-bond acceptors (Lipinski definition) is 4. The summed E-state index contributed by atoms with van der Waals surface area (Å²) in [4.78, 5) is 15.8. The van der Waals surface area contributed by atoms with Crippen molar-refractivity contribution < 1.29 is 0 Å². The lowest BCUT2D eigenvalue weighted by atomic mass is 10.2. The van der Waals surface area contributed by atoms with Gasteiger partial charge >= 0.3 is 0 Å². The maximum atomic E-state index is 11.9. The van der Waals surface area contributed by atoms with E-state index in [1.165, 1.54) is 4.68 Å². The molecule has 19 heavy (non-hydrogen) atoms. The van der Waals surface area contributed by atoms with Crippen LogP contribution in [0.5, 0.6) is 0 Å². The number of hydrogen-bond donors (Lipinski definition) is 1. The van der Waals surface area contributed by atoms with E-state index < -0.39 is 0 Å². The van der Waals surface area contributed by atoms with Crippen molar-refractivity contribution in [3.8, 4) is 12.3 Å². The molecular weight excluding hydrogens is 308 g/mol. The molecule has 2 aromatic heterocycles. The Kier molecular flexibility index (Phi) is 4.31. The van der Waals surface area contributed by atoms with Gasteiger partial charge in [0.1, 0.15) is 11.0 Å². The SMILES string of the molecule is C#CCn1ncc(NCc2ccncc2)c(Br)c1=O. The number of rotatable bonds is 4. The normalized spacial score (nSPS) is 9.89. The highest BCUT2D eigenvalue weighted by atomic mass is 79.9. The van der Waals surface area contributed by atoms with Gasteiger partial charge in [0, 0.05) is 18.9 Å². The molecule has 0 fully saturated rings. The van der Waals surface area contributed by atoms with Crippen LogP contribution in [-0.4, -0.2) is 14.8 Å². The van der Waals surface area contributed by atoms with E-state index in [1.54, 1.807) is 18.6 Å². The molecule has 0 atom stereocenters. The van der Waals surface area contributed by atoms with Crippen LogP contribution in [0.3, 0.4) is 0 Å². The summed E-state index contributed by atoms with van der Waals surface area (Å²) < 4.78 is 1.65. The maximum Gasteiger partial charge on any atom is 0.284 e. The largest absolute Gasteiger partial charge is 0.379 e. The zero-order valence-electron chi connectivity index (χ0n) is 10.0. The van der Waals surface area contributed by atoms with Crippen molar-refractivity contribution in [3.63, 3.8) is 0 Å². The molecule has 0 unspecified atom stereocenters. The van der Waals surface area contributed by atoms with Crippen molar-refractivity contribution in [2.75, 3.05) is 5.32 Å². The molecule has 2 heterocycles. The number of terminal acetylenes is 1. The smallest absolute Gasteiger partial charge is 0.284 e. The van der Waals surface area contributed by atoms with Crippen LogP contribution >= 0.6 is 15.9 Å². The second-order valence-corrected chi connectivity index (χ2v) is 4.54. The van der Waals surface area contributed by atoms with Gasteiger partial charge in [-0.2, -0.15) is 5.10 Å². The number of nitrogens with zero attached hydrogens (tertiary/aromatic N) is 3. The van der Waals surface area contributed by atoms with E-state index in [1.807, 2.05) is 12.1 Å². The third kappa shape index (κ3) is 3.20. The Morgan fingerprint density at radius 3 is 2.84 bits per heavy atom. The van der Waals surface area contributed by atoms with E-state index in [-0.39, 0.29) is 12.1 Å². The molecule has 5 nitrogen and oxygen atoms in total. The lowest BCUT2D eigenvalue weighted by molar-refractivity contribution is 0.659. The summed E-state index contributed by atoms with van der Waals surface area (Å²) in [6.45, 7) is 0.740. The van der Waals surface area contributed by atoms with E-state index in [0.717, 1.165) is 5.56 Å². The molecule has 0 saturated heterocycles. The molecule has 0 aliphatic carbocycles. The van der Waals surface area contributed by atoms with Crippen LogP contribution in [0.1, 0.15) is 5.56 Å². The molecule has 0 aliphatic heterocycles. The van der Waals surface area contributed by atoms with Gasteiger partial charge in [0.15, 0.2) is 0 Å². The fraction of sp³-hybridized carbons (Fsp3) is 0.154. The Bertz CT molecular complexity index is 661. The molecule has 6 heteroatoms. The molecule has 2 rings (SSSR count). The number of nitrogens with one attached hydrogen (secondary N) is 1. The fourth-order valence-corrected chi connectivity index (χ4v) is 1.93. The summed E-state index contributed by atoms with van der Waals surface area (Å²) >= 11 is 3.26. The standard InChI is InChI=1S/C13H11BrN4O/c1-2-7-18-13(19)12(14)11(9-17-18)16-8-10-3-5-15-6-4-10/h1,3-6,9,16H,7-8H2. The van der Waals surface area contributed by atoms with Crippen molar-refractivity contribution >= 4 is 21.6 Å². The first-order chi connectivity index (χ1) is 9.22. The third-order valence-electron chi connectivity index (χ3n) is 2.46. The first-order valence-electron chi connectivity index (χ1n) is 5.54. The summed E-state index contributed by atoms with van der Waals surface area (Å²) in [7, 11) is 0. The number of anilines is 1. The van der Waals surface area contributed by atoms with E-state index in [2.05, 4.69) is 37.2 Å². The van der Waals surface area contributed by atoms with Crippen molar-refractivity contribution in [1.29, 1.82) is 0 Å². The Labute approximate surface area is 118 Å². The van der Waals surface area contributed by atoms with Gasteiger partial charge in [-0.05, 0) is 33.6 Å². The van der Waals surface area contributed by atoms with Crippen LogP contribution in [0, 0.1) is 12.3 Å². The number of pyridine rings is 1. The predicted octanol–water partition coefficient (Wildman–Crippen LogP) is 1.65. The van der Waals surface area contributed by atoms with Crippen LogP contribution in [0.25, 0.3) is 0 Å². The quantitative estimate of drug-likeness (QED) is 0.871. The lowest BCUT2D eigenvalue weighted by Gasteiger charge is -2.09. The summed E-state index contributed by atoms with van der Waals surface area (Å²) in [5, 5.41) is 7.14. The number of halogens is 1. The third-order valence-corrected chi connectivity index (χ3v) is 3.22. The van der Waals surface area contributed by atoms with Crippen LogP contribution < -0.4 is 10.9 Å². The molecule has 0 saturated carbocycles. The summed E-state index contributed by atoms with van der Waals surface area (Å²) in [6.07, 6.45) is 10.2. The van der Waals surface area contributed by atoms with Crippen LogP contribution in [0.2, 0.25) is 0 Å². The number of aromatic nitrogens is 3. The van der Waals surface area contributed by atoms with Gasteiger partial charge in [0.2, 0.25) is 0 Å². The average Bonchev–Trinajstić information content (AvgIpc) is 2.44. The maximum absolute atomic E-state index is 11.9. The minimum atomic E-state index is -0.252. The summed E-state index contributed by atoms with van der Waals surface area (Å²) in [5.74, 6) is 2.38. The Balaban J connectivity index is 2.16. The van der Waals surface area contributed by atoms with Crippen LogP contribution in [0.15, 0.2) is 40.0 Å². The Hall–Kier alpha value is -2.13. The topological polar surface area (TPSA) is 59.8 Å². The van der Waals surface area contributed by atoms with E-state index in [4.69, 9.17) is 6.42 Å². The molecule has 0 aromatic carbocycles. The highest BCUT2D eigenvalue weighted by Crippen LogP contribution is 2.16. The van der Waals surface area contributed by atoms with E-state index in [0.29, 0.717) is 16.7 Å². The predicted molar refractivity (Wildman–Crippen MR) is 76.6 cm³/mol. The molecule has 0 spiro atoms. The molecule has 0 radical (unpaired) electrons. The van der Waals surface area contributed by atoms with Gasteiger partial charge in [-0.15, -0.1) is 6.42 Å². The molecule has 1 N–H and O–H groups in total. The monoisotopic (exact) mass is 318 g/mol. The second-order valence-electron chi connectivity index (χ2n) is 3.75. The first kappa shape index (κ1) is 13.3. The highest BCUT2D eigenvalue weighted by Gasteiger charge is 2.07. The van der Waals surface area contributed by atoms with Gasteiger partial charge in [0.25, 0.3) is 5.56 Å². The van der Waals surface area contributed by atoms with Crippen molar-refractivity contribution in [2.24, 2.45) is 0 Å². The molecule has 96 valence electrons. The van der Waals surface area contributed by atoms with Gasteiger partial charge in [-0.3, -0.25) is 9.78 Å². The van der Waals surface area contributed by atoms with Crippen molar-refractivity contribution in [1.82, 2.24) is 14.8 Å². The zero-order chi connectivity index (χ0) is 13.7. The van der Waals surface area contributed by atoms with Crippen LogP contribution in [-0.2, 0) is 13.1 Å². The van der Waals surface area contributed by atoms with Crippen LogP contribution in [0.4, 0.5) is 5.69 Å². The highest BCUT2D eigenvalue weighted by molar-refractivity contribution is 9.10. The minimum Gasteiger partial charge on any atom is -0.379 e. The van der Waals surface area contributed by atoms with Crippen molar-refractivity contribution in [3.05, 3.63) is 51.1 Å². The molecule has 2 aromatic rings. The summed E-state index contributed by atoms with van der Waals surface area (Å²) in [6, 6.07) is 3.79. The fourth-order valence-electron chi connectivity index (χ4n) is 1.49. The minimum absolute atomic E-state index is 0.155. The second kappa shape index (κ2) is 6.16. The summed E-state index contributed by atoms with van der Waals surface area (Å²) in [5.41, 5.74) is 1.45. The van der Waals surface area contributed by atoms with Crippen molar-refractivity contribution in [2.45, 2.75) is 13.1 Å². The van der Waals surface area contributed by atoms with E-state index >= 15 is 0 Å². The van der Waals surface area contributed by atoms with Gasteiger partial charge in [-0.1, -0.05) is 5.92 Å². The van der Waals surface area contributed by atoms with Gasteiger partial charge in [0.05, 0.1) is 11.9 Å².